The fourth-order valence-electron chi connectivity index (χ4n) is 2.99. The summed E-state index contributed by atoms with van der Waals surface area (Å²) in [6.45, 7) is 5.38. The zero-order valence-corrected chi connectivity index (χ0v) is 10.1. The Kier molecular flexibility index (Phi) is 2.23. The second kappa shape index (κ2) is 3.62. The average Bonchev–Trinajstić information content (AvgIpc) is 2.62. The van der Waals surface area contributed by atoms with Crippen molar-refractivity contribution >= 4 is 10.9 Å². The van der Waals surface area contributed by atoms with Crippen molar-refractivity contribution in [2.45, 2.75) is 46.1 Å². The number of hydrogen-bond donors (Lipinski definition) is 0. The molecule has 0 fully saturated rings. The fourth-order valence-corrected chi connectivity index (χ4v) is 2.99. The zero-order chi connectivity index (χ0) is 11.1. The van der Waals surface area contributed by atoms with E-state index in [0.717, 1.165) is 12.2 Å². The van der Waals surface area contributed by atoms with Gasteiger partial charge in [-0.05, 0) is 51.2 Å². The molecule has 2 nitrogen and oxygen atoms in total. The van der Waals surface area contributed by atoms with Crippen LogP contribution in [0.2, 0.25) is 0 Å². The molecule has 2 aromatic heterocycles. The maximum Gasteiger partial charge on any atom is 0.0671 e. The molecule has 0 spiro atoms. The number of nitrogens with zero attached hydrogens (tertiary/aromatic N) is 2. The van der Waals surface area contributed by atoms with Crippen molar-refractivity contribution in [3.05, 3.63) is 29.2 Å². The van der Waals surface area contributed by atoms with E-state index in [1.165, 1.54) is 36.6 Å². The summed E-state index contributed by atoms with van der Waals surface area (Å²) >= 11 is 0. The van der Waals surface area contributed by atoms with Crippen molar-refractivity contribution in [3.63, 3.8) is 0 Å². The highest BCUT2D eigenvalue weighted by atomic mass is 15.0. The summed E-state index contributed by atoms with van der Waals surface area (Å²) in [7, 11) is 0. The molecule has 16 heavy (non-hydrogen) atoms. The van der Waals surface area contributed by atoms with Gasteiger partial charge >= 0.3 is 0 Å². The monoisotopic (exact) mass is 214 g/mol. The lowest BCUT2D eigenvalue weighted by Crippen LogP contribution is -2.07. The van der Waals surface area contributed by atoms with Gasteiger partial charge in [-0.1, -0.05) is 0 Å². The predicted octanol–water partition coefficient (Wildman–Crippen LogP) is 3.24. The molecule has 1 aliphatic rings. The third-order valence-electron chi connectivity index (χ3n) is 3.72. The molecule has 0 amide bonds. The molecule has 0 saturated carbocycles. The van der Waals surface area contributed by atoms with Crippen molar-refractivity contribution in [1.29, 1.82) is 0 Å². The largest absolute Gasteiger partial charge is 0.343 e. The number of pyridine rings is 1. The lowest BCUT2D eigenvalue weighted by atomic mass is 9.96. The minimum atomic E-state index is 1.07. The van der Waals surface area contributed by atoms with E-state index in [1.807, 2.05) is 6.20 Å². The Labute approximate surface area is 96.3 Å². The van der Waals surface area contributed by atoms with Gasteiger partial charge in [-0.3, -0.25) is 4.98 Å². The zero-order valence-electron chi connectivity index (χ0n) is 10.1. The number of rotatable bonds is 1. The molecular formula is C14H18N2. The van der Waals surface area contributed by atoms with Crippen molar-refractivity contribution in [2.24, 2.45) is 0 Å². The van der Waals surface area contributed by atoms with Crippen LogP contribution in [-0.4, -0.2) is 9.55 Å². The molecule has 0 aromatic carbocycles. The molecule has 0 radical (unpaired) electrons. The van der Waals surface area contributed by atoms with Gasteiger partial charge in [0.2, 0.25) is 0 Å². The first-order chi connectivity index (χ1) is 7.81. The third kappa shape index (κ3) is 1.29. The molecule has 0 aliphatic heterocycles. The first-order valence-electron chi connectivity index (χ1n) is 6.28. The second-order valence-electron chi connectivity index (χ2n) is 4.72. The van der Waals surface area contributed by atoms with Gasteiger partial charge in [0.1, 0.15) is 0 Å². The van der Waals surface area contributed by atoms with Crippen LogP contribution in [0.5, 0.6) is 0 Å². The predicted molar refractivity (Wildman–Crippen MR) is 66.8 cm³/mol. The van der Waals surface area contributed by atoms with Gasteiger partial charge in [0.15, 0.2) is 0 Å². The van der Waals surface area contributed by atoms with Gasteiger partial charge in [0, 0.05) is 23.3 Å². The Morgan fingerprint density at radius 2 is 2.12 bits per heavy atom. The SMILES string of the molecule is CCn1c2c(c3cc(C)ncc31)CCCC2. The summed E-state index contributed by atoms with van der Waals surface area (Å²) in [5, 5.41) is 1.45. The van der Waals surface area contributed by atoms with Crippen LogP contribution in [0.15, 0.2) is 12.3 Å². The van der Waals surface area contributed by atoms with Gasteiger partial charge in [-0.25, -0.2) is 0 Å². The van der Waals surface area contributed by atoms with E-state index in [-0.39, 0.29) is 0 Å². The van der Waals surface area contributed by atoms with E-state index in [2.05, 4.69) is 29.5 Å². The van der Waals surface area contributed by atoms with E-state index in [9.17, 15) is 0 Å². The molecule has 0 N–H and O–H groups in total. The number of fused-ring (bicyclic) bond motifs is 3. The Morgan fingerprint density at radius 3 is 2.94 bits per heavy atom. The number of hydrogen-bond acceptors (Lipinski definition) is 1. The normalized spacial score (nSPS) is 15.4. The second-order valence-corrected chi connectivity index (χ2v) is 4.72. The summed E-state index contributed by atoms with van der Waals surface area (Å²) < 4.78 is 2.45. The molecule has 0 atom stereocenters. The Bertz CT molecular complexity index is 537. The summed E-state index contributed by atoms with van der Waals surface area (Å²) in [5.41, 5.74) is 5.62. The Hall–Kier alpha value is -1.31. The maximum absolute atomic E-state index is 4.44. The van der Waals surface area contributed by atoms with Crippen LogP contribution in [0.1, 0.15) is 36.7 Å². The van der Waals surface area contributed by atoms with Crippen LogP contribution in [-0.2, 0) is 19.4 Å². The molecule has 2 heteroatoms. The van der Waals surface area contributed by atoms with E-state index in [1.54, 1.807) is 11.3 Å². The van der Waals surface area contributed by atoms with Crippen LogP contribution in [0.3, 0.4) is 0 Å². The molecule has 3 rings (SSSR count). The highest BCUT2D eigenvalue weighted by Gasteiger charge is 2.19. The minimum absolute atomic E-state index is 1.07. The first-order valence-corrected chi connectivity index (χ1v) is 6.28. The first kappa shape index (κ1) is 9.88. The highest BCUT2D eigenvalue weighted by molar-refractivity contribution is 5.85. The summed E-state index contributed by atoms with van der Waals surface area (Å²) in [6.07, 6.45) is 7.23. The molecule has 84 valence electrons. The van der Waals surface area contributed by atoms with Crippen LogP contribution in [0.25, 0.3) is 10.9 Å². The summed E-state index contributed by atoms with van der Waals surface area (Å²) in [4.78, 5) is 4.44. The molecule has 0 bridgehead atoms. The highest BCUT2D eigenvalue weighted by Crippen LogP contribution is 2.31. The lowest BCUT2D eigenvalue weighted by Gasteiger charge is -2.14. The quantitative estimate of drug-likeness (QED) is 0.712. The van der Waals surface area contributed by atoms with Gasteiger partial charge in [-0.15, -0.1) is 0 Å². The third-order valence-corrected chi connectivity index (χ3v) is 3.72. The lowest BCUT2D eigenvalue weighted by molar-refractivity contribution is 0.630. The van der Waals surface area contributed by atoms with Gasteiger partial charge in [-0.2, -0.15) is 0 Å². The molecular weight excluding hydrogens is 196 g/mol. The maximum atomic E-state index is 4.44. The van der Waals surface area contributed by atoms with E-state index < -0.39 is 0 Å². The Morgan fingerprint density at radius 1 is 1.31 bits per heavy atom. The molecule has 2 aromatic rings. The van der Waals surface area contributed by atoms with E-state index in [4.69, 9.17) is 0 Å². The van der Waals surface area contributed by atoms with Crippen molar-refractivity contribution in [3.8, 4) is 0 Å². The van der Waals surface area contributed by atoms with Crippen molar-refractivity contribution < 1.29 is 0 Å². The molecule has 2 heterocycles. The minimum Gasteiger partial charge on any atom is -0.343 e. The standard InChI is InChI=1S/C14H18N2/c1-3-16-13-7-5-4-6-11(13)12-8-10(2)15-9-14(12)16/h8-9H,3-7H2,1-2H3. The molecule has 1 aliphatic carbocycles. The summed E-state index contributed by atoms with van der Waals surface area (Å²) in [6, 6.07) is 2.26. The van der Waals surface area contributed by atoms with Gasteiger partial charge < -0.3 is 4.57 Å². The number of aromatic nitrogens is 2. The topological polar surface area (TPSA) is 17.8 Å². The number of aryl methyl sites for hydroxylation is 3. The summed E-state index contributed by atoms with van der Waals surface area (Å²) in [5.74, 6) is 0. The molecule has 0 unspecified atom stereocenters. The van der Waals surface area contributed by atoms with Crippen LogP contribution in [0, 0.1) is 6.92 Å². The Balaban J connectivity index is 2.37. The van der Waals surface area contributed by atoms with Crippen molar-refractivity contribution in [1.82, 2.24) is 9.55 Å². The van der Waals surface area contributed by atoms with Crippen LogP contribution in [0.4, 0.5) is 0 Å². The van der Waals surface area contributed by atoms with Crippen LogP contribution >= 0.6 is 0 Å². The smallest absolute Gasteiger partial charge is 0.0671 e. The van der Waals surface area contributed by atoms with E-state index >= 15 is 0 Å². The molecule has 0 saturated heterocycles. The van der Waals surface area contributed by atoms with Crippen molar-refractivity contribution in [2.75, 3.05) is 0 Å². The van der Waals surface area contributed by atoms with Crippen LogP contribution < -0.4 is 0 Å². The van der Waals surface area contributed by atoms with E-state index in [0.29, 0.717) is 0 Å². The van der Waals surface area contributed by atoms with Gasteiger partial charge in [0.25, 0.3) is 0 Å². The van der Waals surface area contributed by atoms with Gasteiger partial charge in [0.05, 0.1) is 11.7 Å². The average molecular weight is 214 g/mol. The fraction of sp³-hybridized carbons (Fsp3) is 0.500.